The molecule has 10 atom stereocenters. The number of likely N-dealkylation sites (N-methyl/N-ethyl adjacent to an activating group) is 6. The monoisotopic (exact) mass is 1580 g/mol. The molecule has 0 bridgehead atoms. The highest BCUT2D eigenvalue weighted by Gasteiger charge is 2.50. The molecule has 4 fully saturated rings. The third-order valence-electron chi connectivity index (χ3n) is 21.3. The predicted molar refractivity (Wildman–Crippen MR) is 391 cm³/mol. The van der Waals surface area contributed by atoms with E-state index in [0.717, 1.165) is 70.5 Å². The van der Waals surface area contributed by atoms with Crippen LogP contribution in [0.2, 0.25) is 0 Å². The van der Waals surface area contributed by atoms with Gasteiger partial charge in [-0.25, -0.2) is 8.78 Å². The first-order chi connectivity index (χ1) is 52.2. The van der Waals surface area contributed by atoms with Crippen LogP contribution in [0.3, 0.4) is 0 Å². The second-order valence-corrected chi connectivity index (χ2v) is 29.5. The van der Waals surface area contributed by atoms with Crippen molar-refractivity contribution >= 4 is 70.9 Å². The number of ether oxygens (including phenoxy) is 2. The maximum Gasteiger partial charge on any atom is 0.422 e. The van der Waals surface area contributed by atoms with E-state index < -0.39 is 223 Å². The number of unbranched alkanes of at least 4 members (excludes halogenated alkanes) is 1. The van der Waals surface area contributed by atoms with Crippen LogP contribution in [0.15, 0.2) is 61.7 Å². The van der Waals surface area contributed by atoms with Crippen molar-refractivity contribution in [2.24, 2.45) is 11.8 Å². The minimum absolute atomic E-state index is 0.00350. The minimum atomic E-state index is -5.47. The first-order valence-electron chi connectivity index (χ1n) is 37.6. The van der Waals surface area contributed by atoms with Crippen LogP contribution in [-0.4, -0.2) is 277 Å². The number of fused-ring (bicyclic) bond motifs is 1. The van der Waals surface area contributed by atoms with Gasteiger partial charge in [0.15, 0.2) is 0 Å². The van der Waals surface area contributed by atoms with Crippen molar-refractivity contribution in [1.82, 2.24) is 60.0 Å². The maximum atomic E-state index is 15.7. The molecule has 26 nitrogen and oxygen atoms in total. The number of amides is 12. The Morgan fingerprint density at radius 3 is 1.88 bits per heavy atom. The fourth-order valence-electron chi connectivity index (χ4n) is 14.8. The van der Waals surface area contributed by atoms with Crippen molar-refractivity contribution in [1.29, 1.82) is 0 Å². The zero-order valence-corrected chi connectivity index (χ0v) is 65.2. The molecule has 6 rings (SSSR count). The van der Waals surface area contributed by atoms with Crippen LogP contribution < -0.4 is 16.0 Å². The lowest BCUT2D eigenvalue weighted by Crippen LogP contribution is -2.65. The fourth-order valence-corrected chi connectivity index (χ4v) is 14.8. The van der Waals surface area contributed by atoms with Crippen LogP contribution in [-0.2, 0) is 92.2 Å². The number of carbonyl (C=O) groups excluding carboxylic acids is 12. The summed E-state index contributed by atoms with van der Waals surface area (Å²) in [6.07, 6.45) is -8.12. The van der Waals surface area contributed by atoms with Crippen LogP contribution in [0.25, 0.3) is 0 Å². The molecule has 111 heavy (non-hydrogen) atoms. The molecule has 1 aliphatic carbocycles. The van der Waals surface area contributed by atoms with Gasteiger partial charge in [-0.15, -0.1) is 13.2 Å². The number of aryl methyl sites for hydroxylation is 1. The Bertz CT molecular complexity index is 3650. The zero-order valence-electron chi connectivity index (χ0n) is 65.2. The van der Waals surface area contributed by atoms with Gasteiger partial charge in [-0.3, -0.25) is 57.5 Å². The molecule has 3 heterocycles. The normalized spacial score (nSPS) is 25.3. The Morgan fingerprint density at radius 1 is 0.703 bits per heavy atom. The average Bonchev–Trinajstić information content (AvgIpc) is 1.50. The van der Waals surface area contributed by atoms with E-state index in [2.05, 4.69) is 29.1 Å². The molecule has 0 aromatic heterocycles. The van der Waals surface area contributed by atoms with Gasteiger partial charge in [0, 0.05) is 87.9 Å². The summed E-state index contributed by atoms with van der Waals surface area (Å²) < 4.78 is 125. The van der Waals surface area contributed by atoms with Crippen molar-refractivity contribution < 1.29 is 102 Å². The van der Waals surface area contributed by atoms with Gasteiger partial charge in [0.1, 0.15) is 65.0 Å². The summed E-state index contributed by atoms with van der Waals surface area (Å²) in [6, 6.07) is -6.29. The summed E-state index contributed by atoms with van der Waals surface area (Å²) in [5, 5.41) is 8.13. The second-order valence-electron chi connectivity index (χ2n) is 29.5. The van der Waals surface area contributed by atoms with E-state index in [0.29, 0.717) is 57.1 Å². The molecule has 3 aliphatic heterocycles. The molecule has 12 amide bonds. The smallest absolute Gasteiger partial charge is 0.378 e. The summed E-state index contributed by atoms with van der Waals surface area (Å²) in [7, 11) is 7.65. The Balaban J connectivity index is 1.52. The van der Waals surface area contributed by atoms with Crippen LogP contribution in [0.1, 0.15) is 140 Å². The molecule has 34 heteroatoms. The van der Waals surface area contributed by atoms with Gasteiger partial charge in [0.2, 0.25) is 70.9 Å². The van der Waals surface area contributed by atoms with Gasteiger partial charge < -0.3 is 69.5 Å². The van der Waals surface area contributed by atoms with Crippen molar-refractivity contribution in [3.05, 3.63) is 95.6 Å². The zero-order chi connectivity index (χ0) is 82.7. The Morgan fingerprint density at radius 2 is 1.32 bits per heavy atom. The first-order valence-corrected chi connectivity index (χ1v) is 37.6. The number of nitrogens with zero attached hydrogens (tertiary/aromatic N) is 9. The van der Waals surface area contributed by atoms with Gasteiger partial charge in [-0.1, -0.05) is 64.3 Å². The van der Waals surface area contributed by atoms with E-state index >= 15 is 42.3 Å². The molecule has 0 radical (unpaired) electrons. The highest BCUT2D eigenvalue weighted by molar-refractivity contribution is 6.01. The van der Waals surface area contributed by atoms with E-state index in [1.807, 2.05) is 0 Å². The number of morpholine rings is 1. The van der Waals surface area contributed by atoms with Crippen LogP contribution >= 0.6 is 0 Å². The summed E-state index contributed by atoms with van der Waals surface area (Å²) >= 11 is 0. The lowest BCUT2D eigenvalue weighted by molar-refractivity contribution is -0.157. The number of benzene rings is 2. The largest absolute Gasteiger partial charge is 0.422 e. The van der Waals surface area contributed by atoms with E-state index in [9.17, 15) is 50.3 Å². The average molecular weight is 1580 g/mol. The molecule has 4 aliphatic rings. The highest BCUT2D eigenvalue weighted by atomic mass is 19.4. The topological polar surface area (TPSA) is 289 Å². The van der Waals surface area contributed by atoms with Gasteiger partial charge in [-0.05, 0) is 119 Å². The Labute approximate surface area is 643 Å². The van der Waals surface area contributed by atoms with Crippen molar-refractivity contribution in [2.45, 2.75) is 197 Å². The molecular weight excluding hydrogens is 1470 g/mol. The van der Waals surface area contributed by atoms with E-state index in [1.165, 1.54) is 53.1 Å². The van der Waals surface area contributed by atoms with Gasteiger partial charge in [0.25, 0.3) is 0 Å². The van der Waals surface area contributed by atoms with E-state index in [-0.39, 0.29) is 77.2 Å². The first kappa shape index (κ1) is 90.8. The second kappa shape index (κ2) is 40.4. The quantitative estimate of drug-likeness (QED) is 0.0836. The van der Waals surface area contributed by atoms with E-state index in [4.69, 9.17) is 9.47 Å². The SMILES string of the molecule is C=CCCC[C@H]1C(=O)N[C@@H]([C@@H](C)CC)C(=O)N(C)CC(=O)N(C)CC(=O)N(CCC)[C@@H](Cc2ccc(C(F)(F)F)cc2)C(=O)N(C)CC(=O)N[C@@H](CCc2cc(F)c(C(F)(F)F)c(F)c2)C(=O)N2C[C@H](OCC)C[C@H]2C(=O)N[C@](C)(CC=C)C(=O)N(C)[C@@H](C2CCCC2)C(=O)N(C)[C@H](C(=O)N2CCOCC2)CC(=O)N1C. The summed E-state index contributed by atoms with van der Waals surface area (Å²) in [4.78, 5) is 191. The molecule has 616 valence electrons. The number of hydrogen-bond donors (Lipinski definition) is 3. The summed E-state index contributed by atoms with van der Waals surface area (Å²) in [6.45, 7) is 13.0. The number of alkyl halides is 6. The number of halogens is 8. The lowest BCUT2D eigenvalue weighted by atomic mass is 9.90. The molecule has 0 spiro atoms. The third-order valence-corrected chi connectivity index (χ3v) is 21.3. The maximum absolute atomic E-state index is 15.7. The standard InChI is InChI=1S/C77H108F8N12O14/c1-14-19-20-25-56-67(102)87-65(47(6)17-4)72(107)91(10)45-62(100)89(8)46-63(101)96(33-16-3)59(40-48-26-29-51(30-27-48)76(80,81)82)70(105)90(9)44-60(98)86-55(31-28-49-38-53(78)64(54(79)39-49)77(83,84)85)69(104)97-43-52(111-18-5)41-57(97)68(103)88-75(7,32-15-2)74(109)94(13)66(50-23-21-22-24-50)73(108)93(12)58(42-61(99)92(56)11)71(106)95-34-36-110-37-35-95/h14-15,26-27,29-30,38-39,47,50,52,55-59,65-66H,1-2,16-25,28,31-37,40-46H2,3-13H3,(H,86,98)(H,87,102)(H,88,103)/t47-,52+,55-,56-,57-,58-,59-,65-,66-,75+/m0/s1. The molecule has 0 unspecified atom stereocenters. The van der Waals surface area contributed by atoms with Gasteiger partial charge in [-0.2, -0.15) is 26.3 Å². The number of allylic oxidation sites excluding steroid dienone is 1. The molecule has 2 aromatic carbocycles. The molecule has 1 saturated carbocycles. The van der Waals surface area contributed by atoms with Gasteiger partial charge >= 0.3 is 12.4 Å². The number of carbonyl (C=O) groups is 12. The van der Waals surface area contributed by atoms with Gasteiger partial charge in [0.05, 0.1) is 50.9 Å². The number of nitrogens with one attached hydrogen (secondary N) is 3. The number of rotatable bonds is 19. The lowest BCUT2D eigenvalue weighted by Gasteiger charge is -2.42. The fraction of sp³-hybridized carbons (Fsp3) is 0.636. The predicted octanol–water partition coefficient (Wildman–Crippen LogP) is 5.92. The number of hydrogen-bond acceptors (Lipinski definition) is 14. The minimum Gasteiger partial charge on any atom is -0.378 e. The van der Waals surface area contributed by atoms with Crippen molar-refractivity contribution in [3.63, 3.8) is 0 Å². The molecule has 3 N–H and O–H groups in total. The summed E-state index contributed by atoms with van der Waals surface area (Å²) in [5.74, 6) is -15.7. The highest BCUT2D eigenvalue weighted by Crippen LogP contribution is 2.37. The van der Waals surface area contributed by atoms with Crippen LogP contribution in [0.5, 0.6) is 0 Å². The molecular formula is C77H108F8N12O14. The molecule has 2 aromatic rings. The van der Waals surface area contributed by atoms with Crippen molar-refractivity contribution in [2.75, 3.05) is 108 Å². The molecule has 3 saturated heterocycles. The third kappa shape index (κ3) is 23.5. The van der Waals surface area contributed by atoms with Crippen molar-refractivity contribution in [3.8, 4) is 0 Å². The Hall–Kier alpha value is -9.08. The van der Waals surface area contributed by atoms with Crippen LogP contribution in [0, 0.1) is 23.5 Å². The Kier molecular flexibility index (Phi) is 33.1. The van der Waals surface area contributed by atoms with E-state index in [1.54, 1.807) is 33.8 Å². The van der Waals surface area contributed by atoms with Crippen LogP contribution in [0.4, 0.5) is 35.1 Å². The summed E-state index contributed by atoms with van der Waals surface area (Å²) in [5.41, 5.74) is -5.60.